The third-order valence-corrected chi connectivity index (χ3v) is 1.78. The first kappa shape index (κ1) is 7.10. The molecule has 12 heavy (non-hydrogen) atoms. The van der Waals surface area contributed by atoms with E-state index in [2.05, 4.69) is 0 Å². The van der Waals surface area contributed by atoms with Crippen molar-refractivity contribution in [2.75, 3.05) is 6.61 Å². The van der Waals surface area contributed by atoms with Crippen LogP contribution in [-0.2, 0) is 4.79 Å². The Morgan fingerprint density at radius 2 is 2.33 bits per heavy atom. The first-order valence-corrected chi connectivity index (χ1v) is 3.72. The van der Waals surface area contributed by atoms with Gasteiger partial charge in [0.1, 0.15) is 12.4 Å². The van der Waals surface area contributed by atoms with E-state index < -0.39 is 0 Å². The SMILES string of the molecule is O=[C]c1cccc2c1OCC=C2. The lowest BCUT2D eigenvalue weighted by molar-refractivity contribution is 0.357. The summed E-state index contributed by atoms with van der Waals surface area (Å²) in [5.74, 6) is 0.648. The molecule has 0 amide bonds. The molecule has 0 saturated heterocycles. The van der Waals surface area contributed by atoms with E-state index in [4.69, 9.17) is 4.74 Å². The van der Waals surface area contributed by atoms with E-state index in [9.17, 15) is 4.79 Å². The first-order chi connectivity index (χ1) is 5.92. The number of fused-ring (bicyclic) bond motifs is 1. The van der Waals surface area contributed by atoms with Crippen LogP contribution in [0.1, 0.15) is 11.1 Å². The van der Waals surface area contributed by atoms with Gasteiger partial charge in [-0.05, 0) is 12.1 Å². The van der Waals surface area contributed by atoms with Gasteiger partial charge in [0.05, 0.1) is 5.56 Å². The van der Waals surface area contributed by atoms with Gasteiger partial charge < -0.3 is 4.74 Å². The highest BCUT2D eigenvalue weighted by Crippen LogP contribution is 2.26. The molecule has 1 radical (unpaired) electrons. The minimum absolute atomic E-state index is 0.497. The second-order valence-corrected chi connectivity index (χ2v) is 2.54. The monoisotopic (exact) mass is 159 g/mol. The highest BCUT2D eigenvalue weighted by atomic mass is 16.5. The summed E-state index contributed by atoms with van der Waals surface area (Å²) in [4.78, 5) is 10.4. The minimum atomic E-state index is 0.497. The maximum Gasteiger partial charge on any atom is 0.237 e. The molecule has 59 valence electrons. The number of hydrogen-bond acceptors (Lipinski definition) is 2. The standard InChI is InChI=1S/C10H7O2/c11-7-9-4-1-3-8-5-2-6-12-10(8)9/h1-5H,6H2. The summed E-state index contributed by atoms with van der Waals surface area (Å²) < 4.78 is 5.30. The topological polar surface area (TPSA) is 26.3 Å². The van der Waals surface area contributed by atoms with Crippen molar-refractivity contribution in [1.82, 2.24) is 0 Å². The summed E-state index contributed by atoms with van der Waals surface area (Å²) in [5.41, 5.74) is 1.44. The van der Waals surface area contributed by atoms with Gasteiger partial charge in [0.2, 0.25) is 6.29 Å². The Bertz CT molecular complexity index is 340. The Hall–Kier alpha value is -1.57. The average molecular weight is 159 g/mol. The van der Waals surface area contributed by atoms with E-state index in [0.29, 0.717) is 17.9 Å². The molecule has 1 heterocycles. The van der Waals surface area contributed by atoms with E-state index in [1.807, 2.05) is 30.6 Å². The van der Waals surface area contributed by atoms with Crippen molar-refractivity contribution < 1.29 is 9.53 Å². The molecule has 0 spiro atoms. The lowest BCUT2D eigenvalue weighted by Crippen LogP contribution is -2.02. The maximum atomic E-state index is 10.4. The number of ether oxygens (including phenoxy) is 1. The van der Waals surface area contributed by atoms with Gasteiger partial charge in [0, 0.05) is 5.56 Å². The number of rotatable bonds is 1. The van der Waals surface area contributed by atoms with Gasteiger partial charge in [0.25, 0.3) is 0 Å². The molecular weight excluding hydrogens is 152 g/mol. The number of carbonyl (C=O) groups excluding carboxylic acids is 1. The van der Waals surface area contributed by atoms with E-state index in [1.165, 1.54) is 0 Å². The molecule has 0 fully saturated rings. The van der Waals surface area contributed by atoms with Crippen LogP contribution in [0.4, 0.5) is 0 Å². The van der Waals surface area contributed by atoms with Crippen LogP contribution in [0, 0.1) is 0 Å². The van der Waals surface area contributed by atoms with Crippen LogP contribution in [0.15, 0.2) is 24.3 Å². The molecule has 0 unspecified atom stereocenters. The Kier molecular flexibility index (Phi) is 1.67. The molecule has 0 aromatic heterocycles. The number of para-hydroxylation sites is 1. The third kappa shape index (κ3) is 1.01. The van der Waals surface area contributed by atoms with Crippen LogP contribution in [0.5, 0.6) is 5.75 Å². The number of hydrogen-bond donors (Lipinski definition) is 0. The van der Waals surface area contributed by atoms with Crippen LogP contribution in [0.25, 0.3) is 6.08 Å². The zero-order valence-electron chi connectivity index (χ0n) is 6.41. The third-order valence-electron chi connectivity index (χ3n) is 1.78. The van der Waals surface area contributed by atoms with Crippen LogP contribution in [0.2, 0.25) is 0 Å². The molecule has 2 heteroatoms. The van der Waals surface area contributed by atoms with E-state index in [0.717, 1.165) is 5.56 Å². The van der Waals surface area contributed by atoms with Crippen molar-refractivity contribution >= 4 is 12.4 Å². The highest BCUT2D eigenvalue weighted by Gasteiger charge is 2.09. The maximum absolute atomic E-state index is 10.4. The molecule has 0 saturated carbocycles. The number of benzene rings is 1. The molecular formula is C10H7O2. The average Bonchev–Trinajstić information content (AvgIpc) is 2.17. The van der Waals surface area contributed by atoms with E-state index in [1.54, 1.807) is 6.07 Å². The molecule has 2 rings (SSSR count). The lowest BCUT2D eigenvalue weighted by Gasteiger charge is -2.12. The predicted octanol–water partition coefficient (Wildman–Crippen LogP) is 1.55. The second-order valence-electron chi connectivity index (χ2n) is 2.54. The summed E-state index contributed by atoms with van der Waals surface area (Å²) >= 11 is 0. The Balaban J connectivity index is 2.60. The molecule has 0 atom stereocenters. The summed E-state index contributed by atoms with van der Waals surface area (Å²) in [6.45, 7) is 0.533. The fourth-order valence-corrected chi connectivity index (χ4v) is 1.23. The molecule has 1 aliphatic rings. The summed E-state index contributed by atoms with van der Waals surface area (Å²) in [6.07, 6.45) is 5.70. The van der Waals surface area contributed by atoms with Crippen LogP contribution in [0.3, 0.4) is 0 Å². The fraction of sp³-hybridized carbons (Fsp3) is 0.100. The molecule has 0 bridgehead atoms. The van der Waals surface area contributed by atoms with Gasteiger partial charge >= 0.3 is 0 Å². The van der Waals surface area contributed by atoms with Gasteiger partial charge in [-0.15, -0.1) is 0 Å². The van der Waals surface area contributed by atoms with Crippen molar-refractivity contribution in [3.63, 3.8) is 0 Å². The molecule has 0 N–H and O–H groups in total. The largest absolute Gasteiger partial charge is 0.488 e. The van der Waals surface area contributed by atoms with Crippen LogP contribution < -0.4 is 4.74 Å². The zero-order chi connectivity index (χ0) is 8.39. The van der Waals surface area contributed by atoms with Crippen LogP contribution >= 0.6 is 0 Å². The molecule has 1 aromatic rings. The van der Waals surface area contributed by atoms with E-state index in [-0.39, 0.29) is 0 Å². The zero-order valence-corrected chi connectivity index (χ0v) is 6.41. The fourth-order valence-electron chi connectivity index (χ4n) is 1.23. The Morgan fingerprint density at radius 1 is 1.42 bits per heavy atom. The molecule has 0 aliphatic carbocycles. The molecule has 2 nitrogen and oxygen atoms in total. The van der Waals surface area contributed by atoms with Crippen molar-refractivity contribution in [2.24, 2.45) is 0 Å². The van der Waals surface area contributed by atoms with Gasteiger partial charge in [-0.1, -0.05) is 18.2 Å². The minimum Gasteiger partial charge on any atom is -0.488 e. The molecule has 1 aromatic carbocycles. The van der Waals surface area contributed by atoms with Gasteiger partial charge in [-0.25, -0.2) is 0 Å². The lowest BCUT2D eigenvalue weighted by atomic mass is 10.1. The van der Waals surface area contributed by atoms with E-state index >= 15 is 0 Å². The smallest absolute Gasteiger partial charge is 0.237 e. The van der Waals surface area contributed by atoms with Crippen molar-refractivity contribution in [3.8, 4) is 5.75 Å². The highest BCUT2D eigenvalue weighted by molar-refractivity contribution is 5.83. The normalized spacial score (nSPS) is 13.3. The quantitative estimate of drug-likeness (QED) is 0.621. The first-order valence-electron chi connectivity index (χ1n) is 3.72. The Labute approximate surface area is 70.5 Å². The van der Waals surface area contributed by atoms with Gasteiger partial charge in [0.15, 0.2) is 0 Å². The molecule has 1 aliphatic heterocycles. The summed E-state index contributed by atoms with van der Waals surface area (Å²) in [5, 5.41) is 0. The van der Waals surface area contributed by atoms with Crippen LogP contribution in [-0.4, -0.2) is 12.9 Å². The van der Waals surface area contributed by atoms with Crippen molar-refractivity contribution in [1.29, 1.82) is 0 Å². The summed E-state index contributed by atoms with van der Waals surface area (Å²) in [6, 6.07) is 5.43. The van der Waals surface area contributed by atoms with Gasteiger partial charge in [-0.2, -0.15) is 0 Å². The Morgan fingerprint density at radius 3 is 3.17 bits per heavy atom. The van der Waals surface area contributed by atoms with Crippen molar-refractivity contribution in [3.05, 3.63) is 35.4 Å². The second kappa shape index (κ2) is 2.81. The summed E-state index contributed by atoms with van der Waals surface area (Å²) in [7, 11) is 0. The van der Waals surface area contributed by atoms with Gasteiger partial charge in [-0.3, -0.25) is 4.79 Å². The predicted molar refractivity (Wildman–Crippen MR) is 45.8 cm³/mol. The van der Waals surface area contributed by atoms with Crippen molar-refractivity contribution in [2.45, 2.75) is 0 Å².